The number of hydrogen-bond donors (Lipinski definition) is 1. The van der Waals surface area contributed by atoms with E-state index in [-0.39, 0.29) is 28.5 Å². The van der Waals surface area contributed by atoms with E-state index in [1.54, 1.807) is 12.1 Å². The first-order valence-corrected chi connectivity index (χ1v) is 10.7. The van der Waals surface area contributed by atoms with Gasteiger partial charge in [-0.15, -0.1) is 0 Å². The number of carbonyl (C=O) groups excluding carboxylic acids is 1. The van der Waals surface area contributed by atoms with Crippen molar-refractivity contribution in [3.05, 3.63) is 63.7 Å². The van der Waals surface area contributed by atoms with Crippen molar-refractivity contribution in [2.24, 2.45) is 5.92 Å². The lowest BCUT2D eigenvalue weighted by atomic mass is 9.83. The third-order valence-corrected chi connectivity index (χ3v) is 6.57. The van der Waals surface area contributed by atoms with Crippen LogP contribution in [0.5, 0.6) is 0 Å². The van der Waals surface area contributed by atoms with Crippen molar-refractivity contribution < 1.29 is 9.72 Å². The molecule has 2 aromatic rings. The number of amides is 1. The van der Waals surface area contributed by atoms with Crippen LogP contribution in [0.1, 0.15) is 24.0 Å². The molecule has 1 aliphatic carbocycles. The summed E-state index contributed by atoms with van der Waals surface area (Å²) in [5.74, 6) is -0.135. The van der Waals surface area contributed by atoms with Gasteiger partial charge in [-0.05, 0) is 49.9 Å². The Morgan fingerprint density at radius 2 is 1.90 bits per heavy atom. The van der Waals surface area contributed by atoms with E-state index >= 15 is 0 Å². The van der Waals surface area contributed by atoms with Crippen LogP contribution in [0.4, 0.5) is 17.1 Å². The van der Waals surface area contributed by atoms with Gasteiger partial charge in [-0.1, -0.05) is 17.7 Å². The summed E-state index contributed by atoms with van der Waals surface area (Å²) in [6, 6.07) is 14.0. The lowest BCUT2D eigenvalue weighted by molar-refractivity contribution is -0.384. The van der Waals surface area contributed by atoms with Gasteiger partial charge in [0.25, 0.3) is 5.69 Å². The van der Waals surface area contributed by atoms with Gasteiger partial charge < -0.3 is 15.1 Å². The number of piperazine rings is 1. The minimum Gasteiger partial charge on any atom is -0.368 e. The number of nitro groups is 1. The maximum Gasteiger partial charge on any atom is 0.269 e. The SMILES string of the molecule is Cc1ccc(N2CCN3c4ccc([N+](=O)[O-])cc4C[C@H](C(=O)NC4CC4)[C@H]3C2)cc1. The standard InChI is InChI=1S/C23H26N4O3/c1-15-2-6-18(7-3-15)25-10-11-26-21-9-8-19(27(29)30)12-16(21)13-20(22(26)14-25)23(28)24-17-4-5-17/h2-3,6-9,12,17,20,22H,4-5,10-11,13-14H2,1H3,(H,24,28)/t20-,22+/m0/s1. The van der Waals surface area contributed by atoms with E-state index in [9.17, 15) is 14.9 Å². The van der Waals surface area contributed by atoms with E-state index < -0.39 is 0 Å². The summed E-state index contributed by atoms with van der Waals surface area (Å²) in [4.78, 5) is 28.7. The highest BCUT2D eigenvalue weighted by molar-refractivity contribution is 5.83. The molecule has 2 heterocycles. The lowest BCUT2D eigenvalue weighted by Crippen LogP contribution is -2.61. The molecule has 0 unspecified atom stereocenters. The van der Waals surface area contributed by atoms with E-state index in [0.717, 1.165) is 43.7 Å². The predicted molar refractivity (Wildman–Crippen MR) is 116 cm³/mol. The number of nitrogens with zero attached hydrogens (tertiary/aromatic N) is 3. The van der Waals surface area contributed by atoms with E-state index in [1.807, 2.05) is 6.07 Å². The van der Waals surface area contributed by atoms with Gasteiger partial charge in [0.1, 0.15) is 0 Å². The minimum atomic E-state index is -0.360. The maximum absolute atomic E-state index is 13.1. The van der Waals surface area contributed by atoms with Crippen molar-refractivity contribution >= 4 is 23.0 Å². The zero-order valence-electron chi connectivity index (χ0n) is 17.1. The Bertz CT molecular complexity index is 986. The summed E-state index contributed by atoms with van der Waals surface area (Å²) in [5, 5.41) is 14.4. The largest absolute Gasteiger partial charge is 0.368 e. The molecule has 1 amide bonds. The summed E-state index contributed by atoms with van der Waals surface area (Å²) in [7, 11) is 0. The third kappa shape index (κ3) is 3.49. The molecule has 0 radical (unpaired) electrons. The molecule has 156 valence electrons. The van der Waals surface area contributed by atoms with E-state index in [2.05, 4.69) is 46.3 Å². The van der Waals surface area contributed by atoms with Crippen LogP contribution < -0.4 is 15.1 Å². The molecule has 2 aliphatic heterocycles. The van der Waals surface area contributed by atoms with Crippen molar-refractivity contribution in [2.45, 2.75) is 38.3 Å². The van der Waals surface area contributed by atoms with Crippen molar-refractivity contribution in [3.8, 4) is 0 Å². The maximum atomic E-state index is 13.1. The average Bonchev–Trinajstić information content (AvgIpc) is 3.56. The first kappa shape index (κ1) is 18.9. The number of non-ortho nitro benzene ring substituents is 1. The first-order valence-electron chi connectivity index (χ1n) is 10.7. The zero-order valence-corrected chi connectivity index (χ0v) is 17.1. The fourth-order valence-electron chi connectivity index (χ4n) is 4.75. The zero-order chi connectivity index (χ0) is 20.8. The number of rotatable bonds is 4. The predicted octanol–water partition coefficient (Wildman–Crippen LogP) is 3.05. The average molecular weight is 406 g/mol. The van der Waals surface area contributed by atoms with Crippen LogP contribution in [-0.2, 0) is 11.2 Å². The number of fused-ring (bicyclic) bond motifs is 3. The van der Waals surface area contributed by atoms with Gasteiger partial charge in [0.05, 0.1) is 16.9 Å². The van der Waals surface area contributed by atoms with Crippen LogP contribution in [0.3, 0.4) is 0 Å². The Balaban J connectivity index is 1.47. The van der Waals surface area contributed by atoms with Crippen molar-refractivity contribution in [1.29, 1.82) is 0 Å². The fraction of sp³-hybridized carbons (Fsp3) is 0.435. The molecule has 0 aromatic heterocycles. The molecule has 0 bridgehead atoms. The molecule has 2 aromatic carbocycles. The molecule has 0 spiro atoms. The molecular formula is C23H26N4O3. The van der Waals surface area contributed by atoms with Crippen molar-refractivity contribution in [2.75, 3.05) is 29.4 Å². The number of anilines is 2. The van der Waals surface area contributed by atoms with Gasteiger partial charge in [0.2, 0.25) is 5.91 Å². The van der Waals surface area contributed by atoms with Gasteiger partial charge in [-0.25, -0.2) is 0 Å². The topological polar surface area (TPSA) is 78.7 Å². The van der Waals surface area contributed by atoms with Crippen LogP contribution in [-0.4, -0.2) is 42.5 Å². The van der Waals surface area contributed by atoms with E-state index in [0.29, 0.717) is 12.5 Å². The second-order valence-corrected chi connectivity index (χ2v) is 8.71. The molecule has 1 saturated heterocycles. The van der Waals surface area contributed by atoms with Crippen LogP contribution in [0.15, 0.2) is 42.5 Å². The van der Waals surface area contributed by atoms with Crippen LogP contribution in [0.2, 0.25) is 0 Å². The fourth-order valence-corrected chi connectivity index (χ4v) is 4.75. The number of carbonyl (C=O) groups is 1. The molecule has 30 heavy (non-hydrogen) atoms. The Morgan fingerprint density at radius 3 is 2.60 bits per heavy atom. The van der Waals surface area contributed by atoms with Crippen LogP contribution >= 0.6 is 0 Å². The molecule has 7 heteroatoms. The summed E-state index contributed by atoms with van der Waals surface area (Å²) in [5.41, 5.74) is 4.43. The minimum absolute atomic E-state index is 0.0489. The smallest absolute Gasteiger partial charge is 0.269 e. The highest BCUT2D eigenvalue weighted by Crippen LogP contribution is 2.39. The summed E-state index contributed by atoms with van der Waals surface area (Å²) in [6.45, 7) is 4.49. The van der Waals surface area contributed by atoms with Gasteiger partial charge in [0.15, 0.2) is 0 Å². The molecular weight excluding hydrogens is 380 g/mol. The molecule has 1 N–H and O–H groups in total. The number of benzene rings is 2. The summed E-state index contributed by atoms with van der Waals surface area (Å²) in [6.07, 6.45) is 2.63. The van der Waals surface area contributed by atoms with Crippen LogP contribution in [0.25, 0.3) is 0 Å². The lowest BCUT2D eigenvalue weighted by Gasteiger charge is -2.49. The van der Waals surface area contributed by atoms with E-state index in [1.165, 1.54) is 11.3 Å². The monoisotopic (exact) mass is 406 g/mol. The van der Waals surface area contributed by atoms with Crippen LogP contribution in [0, 0.1) is 23.0 Å². The Labute approximate surface area is 175 Å². The molecule has 3 aliphatic rings. The van der Waals surface area contributed by atoms with Gasteiger partial charge in [-0.2, -0.15) is 0 Å². The Hall–Kier alpha value is -3.09. The number of hydrogen-bond acceptors (Lipinski definition) is 5. The number of nitrogens with one attached hydrogen (secondary N) is 1. The summed E-state index contributed by atoms with van der Waals surface area (Å²) >= 11 is 0. The van der Waals surface area contributed by atoms with Gasteiger partial charge in [0, 0.05) is 49.2 Å². The Kier molecular flexibility index (Phi) is 4.60. The normalized spacial score (nSPS) is 22.8. The quantitative estimate of drug-likeness (QED) is 0.624. The number of nitro benzene ring substituents is 1. The second-order valence-electron chi connectivity index (χ2n) is 8.71. The molecule has 5 rings (SSSR count). The van der Waals surface area contributed by atoms with Gasteiger partial charge >= 0.3 is 0 Å². The highest BCUT2D eigenvalue weighted by atomic mass is 16.6. The van der Waals surface area contributed by atoms with E-state index in [4.69, 9.17) is 0 Å². The molecule has 2 atom stereocenters. The molecule has 7 nitrogen and oxygen atoms in total. The molecule has 2 fully saturated rings. The first-order chi connectivity index (χ1) is 14.5. The Morgan fingerprint density at radius 1 is 1.13 bits per heavy atom. The van der Waals surface area contributed by atoms with Gasteiger partial charge in [-0.3, -0.25) is 14.9 Å². The second kappa shape index (κ2) is 7.31. The molecule has 1 saturated carbocycles. The van der Waals surface area contributed by atoms with Crippen molar-refractivity contribution in [1.82, 2.24) is 5.32 Å². The highest BCUT2D eigenvalue weighted by Gasteiger charge is 2.43. The van der Waals surface area contributed by atoms with Crippen molar-refractivity contribution in [3.63, 3.8) is 0 Å². The number of aryl methyl sites for hydroxylation is 1. The third-order valence-electron chi connectivity index (χ3n) is 6.57. The summed E-state index contributed by atoms with van der Waals surface area (Å²) < 4.78 is 0.